The third-order valence-electron chi connectivity index (χ3n) is 4.04. The molecule has 0 saturated heterocycles. The van der Waals surface area contributed by atoms with Gasteiger partial charge < -0.3 is 22.8 Å². The van der Waals surface area contributed by atoms with Crippen molar-refractivity contribution in [1.29, 1.82) is 0 Å². The molecule has 0 aliphatic rings. The number of hydrogen-bond acceptors (Lipinski definition) is 3. The second kappa shape index (κ2) is 9.99. The molecule has 0 fully saturated rings. The van der Waals surface area contributed by atoms with Gasteiger partial charge in [-0.05, 0) is 31.4 Å². The van der Waals surface area contributed by atoms with Gasteiger partial charge in [-0.15, -0.1) is 0 Å². The molecule has 5 nitrogen and oxygen atoms in total. The molecule has 1 aromatic carbocycles. The monoisotopic (exact) mass is 385 g/mol. The third kappa shape index (κ3) is 6.01. The lowest BCUT2D eigenvalue weighted by Gasteiger charge is -2.11. The summed E-state index contributed by atoms with van der Waals surface area (Å²) in [6.07, 6.45) is -0.865. The number of pyridine rings is 1. The number of amides is 1. The van der Waals surface area contributed by atoms with Crippen LogP contribution in [0.4, 0.5) is 18.9 Å². The quantitative estimate of drug-likeness (QED) is 0.416. The van der Waals surface area contributed by atoms with Crippen LogP contribution in [0.3, 0.4) is 0 Å². The minimum Gasteiger partial charge on any atom is -0.490 e. The molecule has 0 saturated carbocycles. The van der Waals surface area contributed by atoms with Gasteiger partial charge in [0.25, 0.3) is 5.52 Å². The number of methoxy groups -OCH3 is 1. The molecule has 27 heavy (non-hydrogen) atoms. The number of unbranched alkanes of at least 4 members (excludes halogenated alkanes) is 2. The largest absolute Gasteiger partial charge is 0.490 e. The molecule has 0 bridgehead atoms. The predicted molar refractivity (Wildman–Crippen MR) is 99.5 cm³/mol. The highest BCUT2D eigenvalue weighted by molar-refractivity contribution is 5.92. The van der Waals surface area contributed by atoms with Gasteiger partial charge in [-0.2, -0.15) is 17.7 Å². The van der Waals surface area contributed by atoms with Crippen molar-refractivity contribution in [3.05, 3.63) is 37.9 Å². The van der Waals surface area contributed by atoms with E-state index in [1.54, 1.807) is 7.11 Å². The summed E-state index contributed by atoms with van der Waals surface area (Å²) < 4.78 is 43.5. The molecule has 2 N–H and O–H groups in total. The van der Waals surface area contributed by atoms with Crippen LogP contribution in [0.2, 0.25) is 0 Å². The van der Waals surface area contributed by atoms with Crippen LogP contribution < -0.4 is 19.9 Å². The maximum Gasteiger partial charge on any atom is 0.471 e. The van der Waals surface area contributed by atoms with Crippen LogP contribution in [0.5, 0.6) is 5.75 Å². The standard InChI is InChI=1S/C18H22F3N3O2.CH3/c1-24-12-9-14(13-7-6-8-15(26-2)16(13)24)22-10-4-3-5-11-23-17(25)18(19,20)21;/h6-9,12H,3-5,10-11H2,1-2H3,(H,23,25);1H3/q;-1/p+1. The van der Waals surface area contributed by atoms with Crippen LogP contribution in [0.15, 0.2) is 30.5 Å². The zero-order valence-corrected chi connectivity index (χ0v) is 15.8. The van der Waals surface area contributed by atoms with Gasteiger partial charge in [0.15, 0.2) is 11.9 Å². The van der Waals surface area contributed by atoms with Crippen molar-refractivity contribution in [2.45, 2.75) is 25.4 Å². The smallest absolute Gasteiger partial charge is 0.471 e. The number of carbonyl (C=O) groups is 1. The van der Waals surface area contributed by atoms with E-state index in [4.69, 9.17) is 4.74 Å². The summed E-state index contributed by atoms with van der Waals surface area (Å²) in [6, 6.07) is 7.81. The Kier molecular flexibility index (Phi) is 8.33. The van der Waals surface area contributed by atoms with E-state index in [1.807, 2.05) is 47.4 Å². The van der Waals surface area contributed by atoms with Gasteiger partial charge in [-0.25, -0.2) is 0 Å². The number of nitrogens with one attached hydrogen (secondary N) is 2. The Morgan fingerprint density at radius 3 is 2.52 bits per heavy atom. The Labute approximate surface area is 157 Å². The molecular formula is C19H26F3N3O2. The van der Waals surface area contributed by atoms with E-state index < -0.39 is 12.1 Å². The Morgan fingerprint density at radius 2 is 1.85 bits per heavy atom. The number of benzene rings is 1. The van der Waals surface area contributed by atoms with Gasteiger partial charge in [-0.1, -0.05) is 6.07 Å². The van der Waals surface area contributed by atoms with Crippen molar-refractivity contribution >= 4 is 22.5 Å². The second-order valence-corrected chi connectivity index (χ2v) is 5.94. The third-order valence-corrected chi connectivity index (χ3v) is 4.04. The summed E-state index contributed by atoms with van der Waals surface area (Å²) >= 11 is 0. The highest BCUT2D eigenvalue weighted by atomic mass is 19.4. The van der Waals surface area contributed by atoms with E-state index in [0.29, 0.717) is 19.4 Å². The zero-order valence-electron chi connectivity index (χ0n) is 15.8. The molecule has 1 aromatic heterocycles. The van der Waals surface area contributed by atoms with E-state index in [9.17, 15) is 18.0 Å². The van der Waals surface area contributed by atoms with E-state index in [-0.39, 0.29) is 14.0 Å². The van der Waals surface area contributed by atoms with Crippen LogP contribution in [0, 0.1) is 7.43 Å². The van der Waals surface area contributed by atoms with Crippen LogP contribution >= 0.6 is 0 Å². The van der Waals surface area contributed by atoms with Crippen LogP contribution in [-0.4, -0.2) is 32.3 Å². The average Bonchev–Trinajstić information content (AvgIpc) is 2.61. The fourth-order valence-corrected chi connectivity index (χ4v) is 2.72. The molecule has 0 spiro atoms. The van der Waals surface area contributed by atoms with Crippen LogP contribution in [0.25, 0.3) is 10.9 Å². The maximum atomic E-state index is 12.0. The van der Waals surface area contributed by atoms with Crippen LogP contribution in [0.1, 0.15) is 19.3 Å². The Hall–Kier alpha value is -2.51. The van der Waals surface area contributed by atoms with Crippen molar-refractivity contribution in [3.63, 3.8) is 0 Å². The maximum absolute atomic E-state index is 12.0. The first-order chi connectivity index (χ1) is 12.3. The fourth-order valence-electron chi connectivity index (χ4n) is 2.72. The van der Waals surface area contributed by atoms with Crippen molar-refractivity contribution < 1.29 is 27.3 Å². The lowest BCUT2D eigenvalue weighted by Crippen LogP contribution is -2.37. The molecule has 2 rings (SSSR count). The molecule has 150 valence electrons. The van der Waals surface area contributed by atoms with Crippen molar-refractivity contribution in [1.82, 2.24) is 5.32 Å². The summed E-state index contributed by atoms with van der Waals surface area (Å²) in [5, 5.41) is 6.26. The molecule has 0 aliphatic carbocycles. The van der Waals surface area contributed by atoms with Crippen molar-refractivity contribution in [2.24, 2.45) is 7.05 Å². The van der Waals surface area contributed by atoms with Gasteiger partial charge in [0.1, 0.15) is 7.05 Å². The number of alkyl halides is 3. The number of carbonyl (C=O) groups excluding carboxylic acids is 1. The zero-order chi connectivity index (χ0) is 19.2. The summed E-state index contributed by atoms with van der Waals surface area (Å²) in [7, 11) is 3.58. The Morgan fingerprint density at radius 1 is 1.15 bits per heavy atom. The highest BCUT2D eigenvalue weighted by Gasteiger charge is 2.38. The number of para-hydroxylation sites is 1. The first-order valence-corrected chi connectivity index (χ1v) is 8.39. The molecule has 8 heteroatoms. The molecule has 1 amide bonds. The average molecular weight is 385 g/mol. The van der Waals surface area contributed by atoms with Gasteiger partial charge >= 0.3 is 12.1 Å². The first kappa shape index (κ1) is 22.5. The number of ether oxygens (including phenoxy) is 1. The second-order valence-electron chi connectivity index (χ2n) is 5.94. The fraction of sp³-hybridized carbons (Fsp3) is 0.421. The van der Waals surface area contributed by atoms with Gasteiger partial charge in [0.05, 0.1) is 18.2 Å². The first-order valence-electron chi connectivity index (χ1n) is 8.39. The SMILES string of the molecule is COc1cccc2c(NCCCCCNC(=O)C(F)(F)F)cc[n+](C)c12.[CH3-]. The van der Waals surface area contributed by atoms with E-state index in [0.717, 1.165) is 28.8 Å². The number of nitrogens with zero attached hydrogens (tertiary/aromatic N) is 1. The number of aromatic nitrogens is 1. The number of fused-ring (bicyclic) bond motifs is 1. The highest BCUT2D eigenvalue weighted by Crippen LogP contribution is 2.27. The molecule has 0 unspecified atom stereocenters. The van der Waals surface area contributed by atoms with E-state index in [1.165, 1.54) is 0 Å². The molecule has 0 aliphatic heterocycles. The topological polar surface area (TPSA) is 54.2 Å². The summed E-state index contributed by atoms with van der Waals surface area (Å²) in [5.41, 5.74) is 1.96. The normalized spacial score (nSPS) is 11.0. The number of halogens is 3. The van der Waals surface area contributed by atoms with Gasteiger partial charge in [0.2, 0.25) is 0 Å². The summed E-state index contributed by atoms with van der Waals surface area (Å²) in [4.78, 5) is 10.7. The lowest BCUT2D eigenvalue weighted by atomic mass is 10.1. The minimum absolute atomic E-state index is 0. The number of hydrogen-bond donors (Lipinski definition) is 2. The number of rotatable bonds is 8. The summed E-state index contributed by atoms with van der Waals surface area (Å²) in [5.74, 6) is -1.10. The lowest BCUT2D eigenvalue weighted by molar-refractivity contribution is -0.645. The Bertz CT molecular complexity index is 764. The Balaban J connectivity index is 0.00000364. The molecule has 0 radical (unpaired) electrons. The molecule has 0 atom stereocenters. The summed E-state index contributed by atoms with van der Waals surface area (Å²) in [6.45, 7) is 0.715. The van der Waals surface area contributed by atoms with E-state index in [2.05, 4.69) is 5.32 Å². The molecule has 1 heterocycles. The molecular weight excluding hydrogens is 359 g/mol. The van der Waals surface area contributed by atoms with Crippen LogP contribution in [-0.2, 0) is 11.8 Å². The van der Waals surface area contributed by atoms with Gasteiger partial charge in [0, 0.05) is 19.2 Å². The van der Waals surface area contributed by atoms with Crippen molar-refractivity contribution in [2.75, 3.05) is 25.5 Å². The van der Waals surface area contributed by atoms with Gasteiger partial charge in [-0.3, -0.25) is 4.79 Å². The number of aryl methyl sites for hydroxylation is 1. The van der Waals surface area contributed by atoms with E-state index >= 15 is 0 Å². The minimum atomic E-state index is -4.81. The number of anilines is 1. The predicted octanol–water partition coefficient (Wildman–Crippen LogP) is 3.38. The van der Waals surface area contributed by atoms with Crippen molar-refractivity contribution in [3.8, 4) is 5.75 Å². The molecule has 2 aromatic rings.